The molecule has 0 saturated heterocycles. The molecule has 244 valence electrons. The molecular weight excluding hydrogens is 584 g/mol. The lowest BCUT2D eigenvalue weighted by molar-refractivity contribution is -0.141. The van der Waals surface area contributed by atoms with Crippen molar-refractivity contribution in [2.75, 3.05) is 13.2 Å². The summed E-state index contributed by atoms with van der Waals surface area (Å²) >= 11 is 0. The Kier molecular flexibility index (Phi) is 8.49. The fraction of sp³-hybridized carbons (Fsp3) is 0.556. The first-order chi connectivity index (χ1) is 22.0. The number of nitrogens with one attached hydrogen (secondary N) is 3. The van der Waals surface area contributed by atoms with Gasteiger partial charge in [0.15, 0.2) is 6.61 Å². The van der Waals surface area contributed by atoms with E-state index in [9.17, 15) is 24.6 Å². The fourth-order valence-electron chi connectivity index (χ4n) is 9.27. The van der Waals surface area contributed by atoms with E-state index < -0.39 is 29.4 Å². The maximum absolute atomic E-state index is 12.5. The minimum absolute atomic E-state index is 0.0763. The van der Waals surface area contributed by atoms with Crippen molar-refractivity contribution in [3.8, 4) is 12.3 Å². The van der Waals surface area contributed by atoms with Crippen LogP contribution in [0.2, 0.25) is 0 Å². The van der Waals surface area contributed by atoms with Crippen molar-refractivity contribution >= 4 is 34.4 Å². The molecule has 3 fully saturated rings. The Hall–Kier alpha value is -4.10. The summed E-state index contributed by atoms with van der Waals surface area (Å²) in [7, 11) is 0. The Bertz CT molecular complexity index is 1640. The molecule has 5 N–H and O–H groups in total. The Labute approximate surface area is 269 Å². The first-order valence-corrected chi connectivity index (χ1v) is 16.4. The lowest BCUT2D eigenvalue weighted by Crippen LogP contribution is -2.54. The number of oxime groups is 1. The van der Waals surface area contributed by atoms with Crippen molar-refractivity contribution in [1.82, 2.24) is 15.6 Å². The maximum Gasteiger partial charge on any atom is 0.326 e. The third kappa shape index (κ3) is 5.59. The van der Waals surface area contributed by atoms with E-state index in [0.29, 0.717) is 24.2 Å². The number of para-hydroxylation sites is 1. The summed E-state index contributed by atoms with van der Waals surface area (Å²) in [6.45, 7) is 3.86. The predicted molar refractivity (Wildman–Crippen MR) is 173 cm³/mol. The molecule has 10 nitrogen and oxygen atoms in total. The summed E-state index contributed by atoms with van der Waals surface area (Å²) in [6.07, 6.45) is 17.3. The number of carboxylic acid groups (broad SMARTS) is 1. The second-order valence-corrected chi connectivity index (χ2v) is 14.2. The average Bonchev–Trinajstić information content (AvgIpc) is 3.57. The van der Waals surface area contributed by atoms with Gasteiger partial charge in [0, 0.05) is 28.9 Å². The number of allylic oxidation sites excluding steroid dienone is 2. The number of carboxylic acids is 1. The highest BCUT2D eigenvalue weighted by molar-refractivity contribution is 5.96. The van der Waals surface area contributed by atoms with E-state index in [1.54, 1.807) is 6.20 Å². The average molecular weight is 629 g/mol. The SMILES string of the molecule is C#C[C@@]1(O)CC[C@H]2[C@@H]3CCC4=C/C(=N/OCC(=O)NCC(=O)N[C@@H](Cc5c[nH]c6ccccc56)C(=O)O)CC[C@]4(C)[C@H]3CC[C@@]21C. The number of terminal acetylenes is 1. The number of aliphatic hydroxyl groups is 1. The molecule has 4 aliphatic carbocycles. The van der Waals surface area contributed by atoms with E-state index in [2.05, 4.69) is 46.6 Å². The van der Waals surface area contributed by atoms with Crippen LogP contribution in [-0.4, -0.2) is 63.5 Å². The molecule has 46 heavy (non-hydrogen) atoms. The predicted octanol–water partition coefficient (Wildman–Crippen LogP) is 4.10. The summed E-state index contributed by atoms with van der Waals surface area (Å²) in [6, 6.07) is 6.39. The van der Waals surface area contributed by atoms with Gasteiger partial charge in [-0.1, -0.05) is 48.7 Å². The van der Waals surface area contributed by atoms with Crippen LogP contribution < -0.4 is 10.6 Å². The lowest BCUT2D eigenvalue weighted by atomic mass is 9.46. The fourth-order valence-corrected chi connectivity index (χ4v) is 9.27. The molecule has 0 radical (unpaired) electrons. The van der Waals surface area contributed by atoms with Gasteiger partial charge in [0.1, 0.15) is 11.6 Å². The minimum Gasteiger partial charge on any atom is -0.480 e. The van der Waals surface area contributed by atoms with Crippen LogP contribution in [-0.2, 0) is 25.6 Å². The zero-order valence-corrected chi connectivity index (χ0v) is 26.6. The number of carbonyl (C=O) groups excluding carboxylic acids is 2. The van der Waals surface area contributed by atoms with E-state index in [1.165, 1.54) is 5.57 Å². The molecule has 0 spiro atoms. The number of nitrogens with zero attached hydrogens (tertiary/aromatic N) is 1. The number of fused-ring (bicyclic) bond motifs is 6. The third-order valence-electron chi connectivity index (χ3n) is 11.9. The first kappa shape index (κ1) is 31.9. The van der Waals surface area contributed by atoms with Crippen LogP contribution in [0, 0.1) is 40.9 Å². The highest BCUT2D eigenvalue weighted by Gasteiger charge is 2.63. The topological polar surface area (TPSA) is 153 Å². The molecule has 2 aromatic rings. The van der Waals surface area contributed by atoms with Crippen molar-refractivity contribution in [3.05, 3.63) is 47.7 Å². The molecule has 1 heterocycles. The summed E-state index contributed by atoms with van der Waals surface area (Å²) in [5.74, 6) is 2.01. The molecule has 10 heteroatoms. The number of aromatic nitrogens is 1. The van der Waals surface area contributed by atoms with E-state index >= 15 is 0 Å². The van der Waals surface area contributed by atoms with E-state index in [1.807, 2.05) is 24.3 Å². The van der Waals surface area contributed by atoms with Gasteiger partial charge in [-0.15, -0.1) is 6.42 Å². The second-order valence-electron chi connectivity index (χ2n) is 14.2. The second kappa shape index (κ2) is 12.3. The summed E-state index contributed by atoms with van der Waals surface area (Å²) < 4.78 is 0. The van der Waals surface area contributed by atoms with Gasteiger partial charge in [-0.25, -0.2) is 4.79 Å². The van der Waals surface area contributed by atoms with Gasteiger partial charge >= 0.3 is 5.97 Å². The van der Waals surface area contributed by atoms with Crippen LogP contribution in [0.3, 0.4) is 0 Å². The number of aromatic amines is 1. The highest BCUT2D eigenvalue weighted by Crippen LogP contribution is 2.67. The van der Waals surface area contributed by atoms with Crippen molar-refractivity contribution in [2.24, 2.45) is 33.7 Å². The molecule has 3 saturated carbocycles. The molecule has 7 atom stereocenters. The van der Waals surface area contributed by atoms with Gasteiger partial charge in [0.25, 0.3) is 5.91 Å². The lowest BCUT2D eigenvalue weighted by Gasteiger charge is -2.58. The zero-order chi connectivity index (χ0) is 32.7. The van der Waals surface area contributed by atoms with Crippen molar-refractivity contribution in [1.29, 1.82) is 0 Å². The van der Waals surface area contributed by atoms with Crippen molar-refractivity contribution < 1.29 is 29.4 Å². The molecule has 1 aromatic carbocycles. The Balaban J connectivity index is 0.987. The quantitative estimate of drug-likeness (QED) is 0.208. The molecule has 1 aromatic heterocycles. The number of aliphatic carboxylic acids is 1. The largest absolute Gasteiger partial charge is 0.480 e. The molecule has 6 rings (SSSR count). The first-order valence-electron chi connectivity index (χ1n) is 16.4. The number of carbonyl (C=O) groups is 3. The van der Waals surface area contributed by atoms with Crippen molar-refractivity contribution in [2.45, 2.75) is 83.3 Å². The number of rotatable bonds is 9. The van der Waals surface area contributed by atoms with Crippen LogP contribution >= 0.6 is 0 Å². The van der Waals surface area contributed by atoms with E-state index in [0.717, 1.165) is 67.1 Å². The smallest absolute Gasteiger partial charge is 0.326 e. The summed E-state index contributed by atoms with van der Waals surface area (Å²) in [5.41, 5.74) is 2.72. The van der Waals surface area contributed by atoms with Crippen LogP contribution in [0.1, 0.15) is 70.8 Å². The Morgan fingerprint density at radius 2 is 1.89 bits per heavy atom. The normalized spacial score (nSPS) is 33.1. The van der Waals surface area contributed by atoms with E-state index in [4.69, 9.17) is 11.3 Å². The summed E-state index contributed by atoms with van der Waals surface area (Å²) in [5, 5.41) is 31.0. The standard InChI is InChI=1S/C36H44N4O6/c1-4-36(45)16-13-28-26-10-9-23-18-24(11-14-34(23,2)27(26)12-15-35(28,36)3)40-46-21-32(42)38-20-31(41)39-30(33(43)44)17-22-19-37-29-8-6-5-7-25(22)29/h1,5-8,18-19,26-28,30,37,45H,9-17,20-21H2,2-3H3,(H,38,42)(H,39,41)(H,43,44)/b40-24+/t26-,27+,28+,30+,34+,35+,36-/m1/s1. The van der Waals surface area contributed by atoms with E-state index in [-0.39, 0.29) is 30.4 Å². The van der Waals surface area contributed by atoms with Crippen molar-refractivity contribution in [3.63, 3.8) is 0 Å². The van der Waals surface area contributed by atoms with Gasteiger partial charge in [-0.05, 0) is 92.2 Å². The van der Waals surface area contributed by atoms with Crippen LogP contribution in [0.25, 0.3) is 10.9 Å². The van der Waals surface area contributed by atoms with Gasteiger partial charge in [0.2, 0.25) is 5.91 Å². The zero-order valence-electron chi connectivity index (χ0n) is 26.6. The molecule has 2 amide bonds. The monoisotopic (exact) mass is 628 g/mol. The molecule has 4 aliphatic rings. The highest BCUT2D eigenvalue weighted by atomic mass is 16.6. The maximum atomic E-state index is 12.5. The Morgan fingerprint density at radius 3 is 2.67 bits per heavy atom. The molecule has 0 aliphatic heterocycles. The van der Waals surface area contributed by atoms with Crippen LogP contribution in [0.15, 0.2) is 47.3 Å². The number of benzene rings is 1. The van der Waals surface area contributed by atoms with Crippen LogP contribution in [0.4, 0.5) is 0 Å². The van der Waals surface area contributed by atoms with Gasteiger partial charge in [-0.2, -0.15) is 0 Å². The summed E-state index contributed by atoms with van der Waals surface area (Å²) in [4.78, 5) is 45.2. The third-order valence-corrected chi connectivity index (χ3v) is 11.9. The minimum atomic E-state index is -1.16. The van der Waals surface area contributed by atoms with Crippen LogP contribution in [0.5, 0.6) is 0 Å². The number of H-pyrrole nitrogens is 1. The molecule has 0 unspecified atom stereocenters. The van der Waals surface area contributed by atoms with Gasteiger partial charge in [-0.3, -0.25) is 9.59 Å². The molecule has 0 bridgehead atoms. The number of hydrogen-bond acceptors (Lipinski definition) is 6. The van der Waals surface area contributed by atoms with Gasteiger partial charge < -0.3 is 30.7 Å². The number of amides is 2. The van der Waals surface area contributed by atoms with Gasteiger partial charge in [0.05, 0.1) is 12.3 Å². The Morgan fingerprint density at radius 1 is 1.11 bits per heavy atom. The number of hydrogen-bond donors (Lipinski definition) is 5. The molecular formula is C36H44N4O6.